The molecule has 0 spiro atoms. The third-order valence-corrected chi connectivity index (χ3v) is 5.18. The van der Waals surface area contributed by atoms with Crippen molar-refractivity contribution in [3.05, 3.63) is 0 Å². The monoisotopic (exact) mass is 251 g/mol. The van der Waals surface area contributed by atoms with Gasteiger partial charge in [-0.15, -0.1) is 0 Å². The highest BCUT2D eigenvalue weighted by Crippen LogP contribution is 2.60. The van der Waals surface area contributed by atoms with Crippen LogP contribution in [0.15, 0.2) is 0 Å². The summed E-state index contributed by atoms with van der Waals surface area (Å²) in [5.74, 6) is -0.163. The summed E-state index contributed by atoms with van der Waals surface area (Å²) in [6.07, 6.45) is 0.839. The summed E-state index contributed by atoms with van der Waals surface area (Å²) in [5, 5.41) is 9.17. The third-order valence-electron chi connectivity index (χ3n) is 2.76. The van der Waals surface area contributed by atoms with E-state index in [4.69, 9.17) is 14.2 Å². The first-order valence-corrected chi connectivity index (χ1v) is 7.49. The Kier molecular flexibility index (Phi) is 5.41. The molecule has 0 aromatic carbocycles. The molecule has 96 valence electrons. The topological polar surface area (TPSA) is 58.8 Å². The van der Waals surface area contributed by atoms with Crippen LogP contribution in [-0.2, 0) is 13.6 Å². The lowest BCUT2D eigenvalue weighted by molar-refractivity contribution is 0.185. The van der Waals surface area contributed by atoms with Crippen molar-refractivity contribution in [3.63, 3.8) is 0 Å². The molecule has 1 heterocycles. The second-order valence-electron chi connectivity index (χ2n) is 3.80. The lowest BCUT2D eigenvalue weighted by Gasteiger charge is -2.19. The predicted molar refractivity (Wildman–Crippen MR) is 62.5 cm³/mol. The molecule has 1 aliphatic heterocycles. The van der Waals surface area contributed by atoms with Crippen LogP contribution in [0.25, 0.3) is 0 Å². The number of nitrogens with zero attached hydrogens (tertiary/aromatic N) is 1. The Balaban J connectivity index is 2.60. The molecule has 0 amide bonds. The lowest BCUT2D eigenvalue weighted by atomic mass is 10.2. The Labute approximate surface area is 97.3 Å². The highest BCUT2D eigenvalue weighted by molar-refractivity contribution is 7.55. The summed E-state index contributed by atoms with van der Waals surface area (Å²) in [6, 6.07) is 0.0687. The Morgan fingerprint density at radius 1 is 1.38 bits per heavy atom. The van der Waals surface area contributed by atoms with Crippen LogP contribution in [0.2, 0.25) is 0 Å². The van der Waals surface area contributed by atoms with Gasteiger partial charge in [-0.3, -0.25) is 9.46 Å². The lowest BCUT2D eigenvalue weighted by Crippen LogP contribution is -2.24. The molecule has 0 saturated carbocycles. The number of hydrogen-bond donors (Lipinski definition) is 1. The van der Waals surface area contributed by atoms with E-state index in [1.54, 1.807) is 0 Å². The first-order chi connectivity index (χ1) is 7.62. The molecule has 1 aliphatic rings. The van der Waals surface area contributed by atoms with E-state index in [-0.39, 0.29) is 18.4 Å². The van der Waals surface area contributed by atoms with Gasteiger partial charge in [0, 0.05) is 12.6 Å². The molecule has 5 nitrogen and oxygen atoms in total. The maximum Gasteiger partial charge on any atom is 0.348 e. The number of aliphatic hydroxyl groups excluding tert-OH is 1. The van der Waals surface area contributed by atoms with Gasteiger partial charge in [-0.1, -0.05) is 6.92 Å². The highest BCUT2D eigenvalue weighted by Gasteiger charge is 2.53. The molecule has 6 heteroatoms. The average Bonchev–Trinajstić information content (AvgIpc) is 3.01. The van der Waals surface area contributed by atoms with Gasteiger partial charge in [0.2, 0.25) is 0 Å². The van der Waals surface area contributed by atoms with Crippen LogP contribution in [0.1, 0.15) is 27.2 Å². The van der Waals surface area contributed by atoms with Crippen LogP contribution in [-0.4, -0.2) is 48.2 Å². The average molecular weight is 251 g/mol. The van der Waals surface area contributed by atoms with Crippen LogP contribution >= 0.6 is 7.60 Å². The van der Waals surface area contributed by atoms with Crippen molar-refractivity contribution < 1.29 is 18.7 Å². The SMILES string of the molecule is CCOP(=O)(OCC)[C@@H]1CN1[C@H](CC)CO. The molecular formula is C10H22NO4P. The van der Waals surface area contributed by atoms with E-state index in [1.807, 2.05) is 25.7 Å². The third kappa shape index (κ3) is 3.05. The number of hydrogen-bond acceptors (Lipinski definition) is 5. The summed E-state index contributed by atoms with van der Waals surface area (Å²) in [4.78, 5) is 1.99. The molecule has 0 aromatic heterocycles. The summed E-state index contributed by atoms with van der Waals surface area (Å²) in [6.45, 7) is 7.17. The maximum absolute atomic E-state index is 12.4. The van der Waals surface area contributed by atoms with E-state index in [9.17, 15) is 4.57 Å². The minimum atomic E-state index is -3.00. The van der Waals surface area contributed by atoms with Crippen LogP contribution in [0, 0.1) is 0 Å². The number of aliphatic hydroxyl groups is 1. The molecule has 1 saturated heterocycles. The quantitative estimate of drug-likeness (QED) is 0.525. The Hall–Kier alpha value is 0.0700. The first kappa shape index (κ1) is 14.1. The molecule has 1 unspecified atom stereocenters. The summed E-state index contributed by atoms with van der Waals surface area (Å²) < 4.78 is 22.9. The molecular weight excluding hydrogens is 229 g/mol. The molecule has 1 fully saturated rings. The van der Waals surface area contributed by atoms with E-state index in [1.165, 1.54) is 0 Å². The second-order valence-corrected chi connectivity index (χ2v) is 5.99. The predicted octanol–water partition coefficient (Wildman–Crippen LogP) is 1.67. The minimum Gasteiger partial charge on any atom is -0.395 e. The molecule has 0 bridgehead atoms. The molecule has 0 radical (unpaired) electrons. The normalized spacial score (nSPS) is 26.8. The van der Waals surface area contributed by atoms with Gasteiger partial charge in [0.05, 0.1) is 19.8 Å². The zero-order valence-corrected chi connectivity index (χ0v) is 11.2. The van der Waals surface area contributed by atoms with E-state index >= 15 is 0 Å². The Morgan fingerprint density at radius 3 is 2.31 bits per heavy atom. The zero-order valence-electron chi connectivity index (χ0n) is 10.3. The van der Waals surface area contributed by atoms with Gasteiger partial charge in [0.1, 0.15) is 5.78 Å². The van der Waals surface area contributed by atoms with Gasteiger partial charge in [0.25, 0.3) is 0 Å². The van der Waals surface area contributed by atoms with Gasteiger partial charge in [-0.2, -0.15) is 0 Å². The van der Waals surface area contributed by atoms with Crippen LogP contribution in [0.4, 0.5) is 0 Å². The van der Waals surface area contributed by atoms with Gasteiger partial charge < -0.3 is 14.2 Å². The minimum absolute atomic E-state index is 0.0687. The van der Waals surface area contributed by atoms with E-state index in [2.05, 4.69) is 0 Å². The maximum atomic E-state index is 12.4. The van der Waals surface area contributed by atoms with Crippen LogP contribution in [0.3, 0.4) is 0 Å². The van der Waals surface area contributed by atoms with Crippen molar-refractivity contribution in [2.45, 2.75) is 39.0 Å². The fraction of sp³-hybridized carbons (Fsp3) is 1.00. The van der Waals surface area contributed by atoms with Crippen molar-refractivity contribution in [1.29, 1.82) is 0 Å². The highest BCUT2D eigenvalue weighted by atomic mass is 31.2. The smallest absolute Gasteiger partial charge is 0.348 e. The standard InChI is InChI=1S/C10H22NO4P/c1-4-9(8-12)11-7-10(11)16(13,14-5-2)15-6-3/h9-10,12H,4-8H2,1-3H3/t9-,10-,11?/m1/s1. The van der Waals surface area contributed by atoms with Gasteiger partial charge >= 0.3 is 7.60 Å². The fourth-order valence-corrected chi connectivity index (χ4v) is 3.93. The van der Waals surface area contributed by atoms with Gasteiger partial charge in [0.15, 0.2) is 0 Å². The van der Waals surface area contributed by atoms with Gasteiger partial charge in [-0.05, 0) is 20.3 Å². The van der Waals surface area contributed by atoms with Gasteiger partial charge in [-0.25, -0.2) is 0 Å². The summed E-state index contributed by atoms with van der Waals surface area (Å²) >= 11 is 0. The molecule has 3 atom stereocenters. The first-order valence-electron chi connectivity index (χ1n) is 5.88. The van der Waals surface area contributed by atoms with Crippen LogP contribution < -0.4 is 0 Å². The Morgan fingerprint density at radius 2 is 1.94 bits per heavy atom. The zero-order chi connectivity index (χ0) is 12.2. The molecule has 0 aliphatic carbocycles. The molecule has 0 aromatic rings. The molecule has 1 rings (SSSR count). The van der Waals surface area contributed by atoms with Crippen LogP contribution in [0.5, 0.6) is 0 Å². The fourth-order valence-electron chi connectivity index (χ4n) is 1.85. The van der Waals surface area contributed by atoms with Crippen molar-refractivity contribution in [2.24, 2.45) is 0 Å². The van der Waals surface area contributed by atoms with Crippen molar-refractivity contribution in [3.8, 4) is 0 Å². The van der Waals surface area contributed by atoms with Crippen molar-refractivity contribution >= 4 is 7.60 Å². The van der Waals surface area contributed by atoms with E-state index in [0.717, 1.165) is 6.42 Å². The van der Waals surface area contributed by atoms with E-state index in [0.29, 0.717) is 19.8 Å². The molecule has 1 N–H and O–H groups in total. The second kappa shape index (κ2) is 6.12. The Bertz CT molecular complexity index is 247. The van der Waals surface area contributed by atoms with Crippen molar-refractivity contribution in [1.82, 2.24) is 4.90 Å². The molecule has 16 heavy (non-hydrogen) atoms. The van der Waals surface area contributed by atoms with E-state index < -0.39 is 7.60 Å². The summed E-state index contributed by atoms with van der Waals surface area (Å²) in [5.41, 5.74) is 0. The largest absolute Gasteiger partial charge is 0.395 e. The number of rotatable bonds is 8. The van der Waals surface area contributed by atoms with Crippen molar-refractivity contribution in [2.75, 3.05) is 26.4 Å². The summed E-state index contributed by atoms with van der Waals surface area (Å²) in [7, 11) is -3.00.